The first-order chi connectivity index (χ1) is 15.0. The number of ether oxygens (including phenoxy) is 2. The molecule has 2 aromatic rings. The summed E-state index contributed by atoms with van der Waals surface area (Å²) in [6.45, 7) is 5.81. The molecule has 1 aromatic carbocycles. The zero-order chi connectivity index (χ0) is 22.0. The highest BCUT2D eigenvalue weighted by molar-refractivity contribution is 5.96. The number of morpholine rings is 1. The van der Waals surface area contributed by atoms with Gasteiger partial charge >= 0.3 is 11.9 Å². The van der Waals surface area contributed by atoms with Gasteiger partial charge in [-0.15, -0.1) is 0 Å². The molecular weight excluding hydrogens is 402 g/mol. The zero-order valence-electron chi connectivity index (χ0n) is 17.5. The molecule has 3 heterocycles. The van der Waals surface area contributed by atoms with Crippen LogP contribution < -0.4 is 4.74 Å². The fraction of sp³-hybridized carbons (Fsp3) is 0.455. The van der Waals surface area contributed by atoms with E-state index in [1.165, 1.54) is 0 Å². The Kier molecular flexibility index (Phi) is 6.26. The molecule has 0 radical (unpaired) electrons. The van der Waals surface area contributed by atoms with Crippen molar-refractivity contribution in [2.45, 2.75) is 12.6 Å². The molecule has 9 heteroatoms. The van der Waals surface area contributed by atoms with Crippen LogP contribution in [0.15, 0.2) is 35.9 Å². The Morgan fingerprint density at radius 2 is 1.90 bits per heavy atom. The van der Waals surface area contributed by atoms with Crippen LogP contribution in [0.2, 0.25) is 0 Å². The van der Waals surface area contributed by atoms with Gasteiger partial charge in [0, 0.05) is 61.9 Å². The molecule has 2 N–H and O–H groups in total. The monoisotopic (exact) mass is 429 g/mol. The summed E-state index contributed by atoms with van der Waals surface area (Å²) in [6.07, 6.45) is 0.822. The summed E-state index contributed by atoms with van der Waals surface area (Å²) in [5.74, 6) is -1.77. The average Bonchev–Trinajstić information content (AvgIpc) is 3.14. The summed E-state index contributed by atoms with van der Waals surface area (Å²) in [4.78, 5) is 27.9. The summed E-state index contributed by atoms with van der Waals surface area (Å²) in [7, 11) is 1.60. The number of aliphatic carboxylic acids is 2. The number of carboxylic acids is 2. The lowest BCUT2D eigenvalue weighted by atomic mass is 9.99. The van der Waals surface area contributed by atoms with Crippen LogP contribution in [0.3, 0.4) is 0 Å². The molecule has 0 saturated carbocycles. The second-order valence-corrected chi connectivity index (χ2v) is 7.78. The number of carbonyl (C=O) groups is 2. The average molecular weight is 429 g/mol. The Balaban J connectivity index is 1.72. The van der Waals surface area contributed by atoms with Crippen LogP contribution in [0, 0.1) is 0 Å². The quantitative estimate of drug-likeness (QED) is 0.637. The predicted molar refractivity (Wildman–Crippen MR) is 113 cm³/mol. The van der Waals surface area contributed by atoms with E-state index in [-0.39, 0.29) is 5.57 Å². The Morgan fingerprint density at radius 3 is 2.58 bits per heavy atom. The first kappa shape index (κ1) is 21.4. The van der Waals surface area contributed by atoms with E-state index in [1.807, 2.05) is 24.3 Å². The predicted octanol–water partition coefficient (Wildman–Crippen LogP) is 1.43. The molecule has 1 unspecified atom stereocenters. The van der Waals surface area contributed by atoms with Crippen LogP contribution in [0.4, 0.5) is 0 Å². The smallest absolute Gasteiger partial charge is 0.333 e. The van der Waals surface area contributed by atoms with Crippen molar-refractivity contribution >= 4 is 22.8 Å². The maximum atomic E-state index is 12.1. The molecule has 0 bridgehead atoms. The van der Waals surface area contributed by atoms with Crippen LogP contribution in [0.5, 0.6) is 5.75 Å². The van der Waals surface area contributed by atoms with E-state index in [2.05, 4.69) is 14.4 Å². The molecule has 4 rings (SSSR count). The Bertz CT molecular complexity index is 1010. The third-order valence-electron chi connectivity index (χ3n) is 6.02. The van der Waals surface area contributed by atoms with Crippen molar-refractivity contribution in [2.24, 2.45) is 0 Å². The Hall–Kier alpha value is -2.88. The van der Waals surface area contributed by atoms with Crippen molar-refractivity contribution < 1.29 is 29.3 Å². The lowest BCUT2D eigenvalue weighted by Crippen LogP contribution is -2.46. The zero-order valence-corrected chi connectivity index (χ0v) is 17.5. The highest BCUT2D eigenvalue weighted by Crippen LogP contribution is 2.37. The van der Waals surface area contributed by atoms with Gasteiger partial charge in [0.1, 0.15) is 5.75 Å². The molecule has 2 aliphatic heterocycles. The van der Waals surface area contributed by atoms with Crippen molar-refractivity contribution in [1.29, 1.82) is 0 Å². The van der Waals surface area contributed by atoms with Crippen LogP contribution in [-0.4, -0.2) is 89.6 Å². The molecule has 0 aliphatic carbocycles. The molecular formula is C22H27N3O6. The molecule has 1 aromatic heterocycles. The topological polar surface area (TPSA) is 104 Å². The Labute approximate surface area is 180 Å². The number of hydrogen-bond donors (Lipinski definition) is 2. The normalized spacial score (nSPS) is 20.5. The van der Waals surface area contributed by atoms with E-state index in [0.717, 1.165) is 48.1 Å². The standard InChI is InChI=1S/C22H27N3O6/c1-30-16-2-3-18-15(12-16)13-19-21(17(22(28)29)14-20(26)27)24(6-7-25(18)19)5-4-23-8-10-31-11-9-23/h2-3,12-14,21H,4-11H2,1H3,(H,26,27)(H,28,29)/b17-14+. The minimum Gasteiger partial charge on any atom is -0.497 e. The summed E-state index contributed by atoms with van der Waals surface area (Å²) in [6, 6.07) is 7.04. The van der Waals surface area contributed by atoms with Crippen LogP contribution in [0.25, 0.3) is 10.9 Å². The first-order valence-electron chi connectivity index (χ1n) is 10.4. The summed E-state index contributed by atoms with van der Waals surface area (Å²) >= 11 is 0. The van der Waals surface area contributed by atoms with E-state index >= 15 is 0 Å². The van der Waals surface area contributed by atoms with Crippen molar-refractivity contribution in [3.63, 3.8) is 0 Å². The lowest BCUT2D eigenvalue weighted by molar-refractivity contribution is -0.135. The van der Waals surface area contributed by atoms with Gasteiger partial charge in [-0.1, -0.05) is 0 Å². The minimum atomic E-state index is -1.26. The highest BCUT2D eigenvalue weighted by atomic mass is 16.5. The third-order valence-corrected chi connectivity index (χ3v) is 6.02. The van der Waals surface area contributed by atoms with Gasteiger partial charge in [0.25, 0.3) is 0 Å². The fourth-order valence-electron chi connectivity index (χ4n) is 4.50. The molecule has 166 valence electrons. The number of rotatable bonds is 7. The van der Waals surface area contributed by atoms with Gasteiger partial charge in [-0.05, 0) is 24.3 Å². The maximum absolute atomic E-state index is 12.1. The molecule has 1 atom stereocenters. The van der Waals surface area contributed by atoms with Crippen LogP contribution in [-0.2, 0) is 20.9 Å². The number of nitrogens with zero attached hydrogens (tertiary/aromatic N) is 3. The number of methoxy groups -OCH3 is 1. The van der Waals surface area contributed by atoms with E-state index in [0.29, 0.717) is 32.8 Å². The van der Waals surface area contributed by atoms with Gasteiger partial charge in [0.05, 0.1) is 31.9 Å². The second kappa shape index (κ2) is 9.09. The number of hydrogen-bond acceptors (Lipinski definition) is 6. The summed E-state index contributed by atoms with van der Waals surface area (Å²) < 4.78 is 12.8. The maximum Gasteiger partial charge on any atom is 0.333 e. The molecule has 0 spiro atoms. The van der Waals surface area contributed by atoms with Crippen molar-refractivity contribution in [2.75, 3.05) is 53.0 Å². The van der Waals surface area contributed by atoms with Crippen molar-refractivity contribution in [3.05, 3.63) is 41.6 Å². The molecule has 31 heavy (non-hydrogen) atoms. The van der Waals surface area contributed by atoms with E-state index in [1.54, 1.807) is 7.11 Å². The minimum absolute atomic E-state index is 0.134. The van der Waals surface area contributed by atoms with Crippen LogP contribution >= 0.6 is 0 Å². The van der Waals surface area contributed by atoms with Gasteiger partial charge in [0.15, 0.2) is 0 Å². The van der Waals surface area contributed by atoms with E-state index in [4.69, 9.17) is 9.47 Å². The lowest BCUT2D eigenvalue weighted by Gasteiger charge is -2.39. The molecule has 1 fully saturated rings. The van der Waals surface area contributed by atoms with Gasteiger partial charge in [-0.3, -0.25) is 9.80 Å². The number of benzene rings is 1. The van der Waals surface area contributed by atoms with Gasteiger partial charge in [0.2, 0.25) is 0 Å². The summed E-state index contributed by atoms with van der Waals surface area (Å²) in [5.41, 5.74) is 1.63. The SMILES string of the molecule is COc1ccc2c(c1)cc1n2CCN(CCN2CCOCC2)C1/C(=C\C(=O)O)C(=O)O. The molecule has 1 saturated heterocycles. The fourth-order valence-corrected chi connectivity index (χ4v) is 4.50. The van der Waals surface area contributed by atoms with Gasteiger partial charge in [-0.25, -0.2) is 9.59 Å². The van der Waals surface area contributed by atoms with E-state index in [9.17, 15) is 19.8 Å². The molecule has 9 nitrogen and oxygen atoms in total. The number of aromatic nitrogens is 1. The number of fused-ring (bicyclic) bond motifs is 3. The number of carboxylic acid groups (broad SMARTS) is 2. The first-order valence-corrected chi connectivity index (χ1v) is 10.4. The van der Waals surface area contributed by atoms with Crippen molar-refractivity contribution in [3.8, 4) is 5.75 Å². The highest BCUT2D eigenvalue weighted by Gasteiger charge is 2.35. The molecule has 2 aliphatic rings. The second-order valence-electron chi connectivity index (χ2n) is 7.78. The molecule has 0 amide bonds. The van der Waals surface area contributed by atoms with Crippen LogP contribution in [0.1, 0.15) is 11.7 Å². The van der Waals surface area contributed by atoms with Gasteiger partial charge in [-0.2, -0.15) is 0 Å². The third kappa shape index (κ3) is 4.43. The largest absolute Gasteiger partial charge is 0.497 e. The van der Waals surface area contributed by atoms with E-state index < -0.39 is 18.0 Å². The Morgan fingerprint density at radius 1 is 1.13 bits per heavy atom. The van der Waals surface area contributed by atoms with Crippen molar-refractivity contribution in [1.82, 2.24) is 14.4 Å². The van der Waals surface area contributed by atoms with Gasteiger partial charge < -0.3 is 24.3 Å². The summed E-state index contributed by atoms with van der Waals surface area (Å²) in [5, 5.41) is 20.2.